The number of hydrogen-bond donors (Lipinski definition) is 0. The zero-order valence-corrected chi connectivity index (χ0v) is 25.0. The zero-order valence-electron chi connectivity index (χ0n) is 25.0. The average Bonchev–Trinajstić information content (AvgIpc) is 2.79. The van der Waals surface area contributed by atoms with Crippen LogP contribution in [0, 0.1) is 17.8 Å². The maximum atomic E-state index is 11.8. The average molecular weight is 531 g/mol. The summed E-state index contributed by atoms with van der Waals surface area (Å²) in [7, 11) is 0. The topological polar surface area (TPSA) is 78.9 Å². The maximum Gasteiger partial charge on any atom is 0.308 e. The Hall–Kier alpha value is -2.63. The van der Waals surface area contributed by atoms with Crippen molar-refractivity contribution in [3.63, 3.8) is 0 Å². The maximum absolute atomic E-state index is 11.8. The molecule has 0 bridgehead atoms. The van der Waals surface area contributed by atoms with Crippen LogP contribution < -0.4 is 14.2 Å². The van der Waals surface area contributed by atoms with Gasteiger partial charge < -0.3 is 14.2 Å². The van der Waals surface area contributed by atoms with Crippen molar-refractivity contribution in [2.24, 2.45) is 17.8 Å². The molecule has 6 heteroatoms. The van der Waals surface area contributed by atoms with E-state index in [1.165, 1.54) is 71.3 Å². The monoisotopic (exact) mass is 530 g/mol. The van der Waals surface area contributed by atoms with Crippen molar-refractivity contribution in [2.75, 3.05) is 0 Å². The van der Waals surface area contributed by atoms with Gasteiger partial charge in [0.15, 0.2) is 11.5 Å². The molecule has 2 unspecified atom stereocenters. The minimum atomic E-state index is -0.606. The van der Waals surface area contributed by atoms with E-state index in [1.54, 1.807) is 12.1 Å². The molecule has 0 N–H and O–H groups in total. The van der Waals surface area contributed by atoms with Crippen molar-refractivity contribution in [3.05, 3.63) is 29.3 Å². The summed E-state index contributed by atoms with van der Waals surface area (Å²) in [5, 5.41) is 0. The summed E-state index contributed by atoms with van der Waals surface area (Å²) in [4.78, 5) is 35.0. The third-order valence-electron chi connectivity index (χ3n) is 6.71. The molecule has 0 heterocycles. The highest BCUT2D eigenvalue weighted by Gasteiger charge is 2.21. The Morgan fingerprint density at radius 2 is 1.18 bits per heavy atom. The van der Waals surface area contributed by atoms with Gasteiger partial charge in [0.05, 0.1) is 0 Å². The number of benzene rings is 1. The lowest BCUT2D eigenvalue weighted by molar-refractivity contribution is -0.135. The van der Waals surface area contributed by atoms with Gasteiger partial charge in [0.25, 0.3) is 0 Å². The third-order valence-corrected chi connectivity index (χ3v) is 6.71. The molecule has 0 aliphatic rings. The molecule has 0 saturated heterocycles. The number of rotatable bonds is 17. The molecule has 1 rings (SSSR count). The second-order valence-corrected chi connectivity index (χ2v) is 11.3. The molecule has 0 saturated carbocycles. The molecule has 0 aromatic heterocycles. The van der Waals surface area contributed by atoms with Crippen LogP contribution in [0.25, 0.3) is 0 Å². The summed E-state index contributed by atoms with van der Waals surface area (Å²) in [6, 6.07) is 3.28. The smallest absolute Gasteiger partial charge is 0.308 e. The van der Waals surface area contributed by atoms with Crippen LogP contribution >= 0.6 is 0 Å². The Morgan fingerprint density at radius 3 is 1.71 bits per heavy atom. The predicted molar refractivity (Wildman–Crippen MR) is 153 cm³/mol. The van der Waals surface area contributed by atoms with Crippen molar-refractivity contribution in [2.45, 2.75) is 120 Å². The van der Waals surface area contributed by atoms with Gasteiger partial charge in [-0.2, -0.15) is 0 Å². The first-order valence-corrected chi connectivity index (χ1v) is 14.3. The molecule has 1 aromatic carbocycles. The van der Waals surface area contributed by atoms with Crippen LogP contribution in [0.2, 0.25) is 0 Å². The fraction of sp³-hybridized carbons (Fsp3) is 0.656. The van der Waals surface area contributed by atoms with Gasteiger partial charge in [-0.15, -0.1) is 0 Å². The Bertz CT molecular complexity index is 930. The lowest BCUT2D eigenvalue weighted by Crippen LogP contribution is -2.12. The fourth-order valence-corrected chi connectivity index (χ4v) is 4.57. The van der Waals surface area contributed by atoms with Gasteiger partial charge in [0, 0.05) is 26.3 Å². The van der Waals surface area contributed by atoms with E-state index >= 15 is 0 Å². The largest absolute Gasteiger partial charge is 0.423 e. The van der Waals surface area contributed by atoms with E-state index in [1.807, 2.05) is 0 Å². The Morgan fingerprint density at radius 1 is 0.684 bits per heavy atom. The highest BCUT2D eigenvalue weighted by atomic mass is 16.6. The molecule has 0 fully saturated rings. The van der Waals surface area contributed by atoms with Gasteiger partial charge in [0.2, 0.25) is 5.75 Å². The SMILES string of the molecule is CC(=O)Oc1ccc(C/C=C(\C)CCCC(C)CCCC(C)CCCC(C)C)c(OC(C)=O)c1OC(C)=O. The summed E-state index contributed by atoms with van der Waals surface area (Å²) in [6.07, 6.45) is 13.9. The van der Waals surface area contributed by atoms with E-state index in [2.05, 4.69) is 40.7 Å². The first kappa shape index (κ1) is 33.4. The minimum absolute atomic E-state index is 0.0346. The molecule has 214 valence electrons. The van der Waals surface area contributed by atoms with E-state index in [9.17, 15) is 14.4 Å². The summed E-state index contributed by atoms with van der Waals surface area (Å²) in [5.74, 6) is 0.700. The van der Waals surface area contributed by atoms with Crippen molar-refractivity contribution in [3.8, 4) is 17.2 Å². The van der Waals surface area contributed by atoms with Gasteiger partial charge >= 0.3 is 17.9 Å². The van der Waals surface area contributed by atoms with Gasteiger partial charge in [-0.25, -0.2) is 0 Å². The van der Waals surface area contributed by atoms with E-state index in [4.69, 9.17) is 14.2 Å². The highest BCUT2D eigenvalue weighted by molar-refractivity contribution is 5.78. The van der Waals surface area contributed by atoms with E-state index < -0.39 is 17.9 Å². The molecule has 0 spiro atoms. The van der Waals surface area contributed by atoms with Crippen LogP contribution in [-0.2, 0) is 20.8 Å². The summed E-state index contributed by atoms with van der Waals surface area (Å²) >= 11 is 0. The highest BCUT2D eigenvalue weighted by Crippen LogP contribution is 2.41. The molecule has 6 nitrogen and oxygen atoms in total. The molecule has 1 aromatic rings. The number of hydrogen-bond acceptors (Lipinski definition) is 6. The molecule has 2 atom stereocenters. The second-order valence-electron chi connectivity index (χ2n) is 11.3. The van der Waals surface area contributed by atoms with Crippen LogP contribution in [0.5, 0.6) is 17.2 Å². The van der Waals surface area contributed by atoms with Gasteiger partial charge in [-0.05, 0) is 50.0 Å². The first-order valence-electron chi connectivity index (χ1n) is 14.3. The van der Waals surface area contributed by atoms with Crippen molar-refractivity contribution >= 4 is 17.9 Å². The zero-order chi connectivity index (χ0) is 28.7. The van der Waals surface area contributed by atoms with E-state index in [-0.39, 0.29) is 17.2 Å². The lowest BCUT2D eigenvalue weighted by Gasteiger charge is -2.16. The predicted octanol–water partition coefficient (Wildman–Crippen LogP) is 8.39. The molecule has 0 aliphatic heterocycles. The normalized spacial score (nSPS) is 13.2. The van der Waals surface area contributed by atoms with Crippen LogP contribution in [0.3, 0.4) is 0 Å². The summed E-state index contributed by atoms with van der Waals surface area (Å²) < 4.78 is 15.8. The summed E-state index contributed by atoms with van der Waals surface area (Å²) in [6.45, 7) is 15.2. The first-order chi connectivity index (χ1) is 17.9. The van der Waals surface area contributed by atoms with E-state index in [0.717, 1.165) is 30.6 Å². The Labute approximate surface area is 230 Å². The van der Waals surface area contributed by atoms with Crippen LogP contribution in [0.1, 0.15) is 119 Å². The molecule has 38 heavy (non-hydrogen) atoms. The molecule has 0 aliphatic carbocycles. The van der Waals surface area contributed by atoms with Crippen LogP contribution in [0.15, 0.2) is 23.8 Å². The van der Waals surface area contributed by atoms with Crippen LogP contribution in [-0.4, -0.2) is 17.9 Å². The van der Waals surface area contributed by atoms with Crippen molar-refractivity contribution < 1.29 is 28.6 Å². The van der Waals surface area contributed by atoms with E-state index in [0.29, 0.717) is 12.0 Å². The number of ether oxygens (including phenoxy) is 3. The third kappa shape index (κ3) is 14.3. The molecule has 0 radical (unpaired) electrons. The fourth-order valence-electron chi connectivity index (χ4n) is 4.57. The van der Waals surface area contributed by atoms with Gasteiger partial charge in [-0.1, -0.05) is 90.4 Å². The molecule has 0 amide bonds. The Kier molecular flexibility index (Phi) is 15.6. The Balaban J connectivity index is 2.67. The number of allylic oxidation sites excluding steroid dienone is 2. The summed E-state index contributed by atoms with van der Waals surface area (Å²) in [5.41, 5.74) is 1.92. The lowest BCUT2D eigenvalue weighted by atomic mass is 9.91. The quantitative estimate of drug-likeness (QED) is 0.114. The minimum Gasteiger partial charge on any atom is -0.423 e. The standard InChI is InChI=1S/C32H50O6/c1-22(2)12-9-13-23(3)14-10-15-24(4)16-11-17-25(5)18-19-29-20-21-30(36-26(6)33)32(38-28(8)35)31(29)37-27(7)34/h18,20-24H,9-17,19H2,1-8H3/b25-18+. The van der Waals surface area contributed by atoms with Crippen molar-refractivity contribution in [1.82, 2.24) is 0 Å². The second kappa shape index (κ2) is 17.8. The van der Waals surface area contributed by atoms with Crippen LogP contribution in [0.4, 0.5) is 0 Å². The molecular weight excluding hydrogens is 480 g/mol. The number of esters is 3. The van der Waals surface area contributed by atoms with Gasteiger partial charge in [-0.3, -0.25) is 14.4 Å². The number of carbonyl (C=O) groups excluding carboxylic acids is 3. The number of carbonyl (C=O) groups is 3. The van der Waals surface area contributed by atoms with Crippen molar-refractivity contribution in [1.29, 1.82) is 0 Å². The van der Waals surface area contributed by atoms with Gasteiger partial charge in [0.1, 0.15) is 0 Å². The molecular formula is C32H50O6.